The Kier molecular flexibility index (Phi) is 4.59. The molecular formula is C16H22N2. The molecule has 0 atom stereocenters. The monoisotopic (exact) mass is 242 g/mol. The Balaban J connectivity index is 1.83. The molecule has 2 nitrogen and oxygen atoms in total. The van der Waals surface area contributed by atoms with Crippen LogP contribution in [0.4, 0.5) is 0 Å². The van der Waals surface area contributed by atoms with Gasteiger partial charge < -0.3 is 9.88 Å². The van der Waals surface area contributed by atoms with Gasteiger partial charge in [0.25, 0.3) is 0 Å². The highest BCUT2D eigenvalue weighted by molar-refractivity contribution is 5.25. The molecule has 1 N–H and O–H groups in total. The zero-order valence-corrected chi connectivity index (χ0v) is 11.3. The summed E-state index contributed by atoms with van der Waals surface area (Å²) in [6.07, 6.45) is 5.58. The third kappa shape index (κ3) is 3.47. The SMILES string of the molecule is CCCn1ccc(CNCc2ccccc2C)c1. The fourth-order valence-electron chi connectivity index (χ4n) is 2.14. The van der Waals surface area contributed by atoms with E-state index < -0.39 is 0 Å². The second-order valence-electron chi connectivity index (χ2n) is 4.79. The summed E-state index contributed by atoms with van der Waals surface area (Å²) in [6.45, 7) is 7.35. The lowest BCUT2D eigenvalue weighted by Gasteiger charge is -2.06. The Hall–Kier alpha value is -1.54. The van der Waals surface area contributed by atoms with Crippen LogP contribution >= 0.6 is 0 Å². The minimum Gasteiger partial charge on any atom is -0.354 e. The molecule has 0 bridgehead atoms. The number of hydrogen-bond acceptors (Lipinski definition) is 1. The Morgan fingerprint density at radius 3 is 2.72 bits per heavy atom. The normalized spacial score (nSPS) is 10.8. The van der Waals surface area contributed by atoms with Crippen LogP contribution in [0.3, 0.4) is 0 Å². The van der Waals surface area contributed by atoms with Crippen molar-refractivity contribution in [1.82, 2.24) is 9.88 Å². The second-order valence-corrected chi connectivity index (χ2v) is 4.79. The van der Waals surface area contributed by atoms with E-state index >= 15 is 0 Å². The van der Waals surface area contributed by atoms with Crippen LogP contribution in [-0.2, 0) is 19.6 Å². The van der Waals surface area contributed by atoms with Crippen LogP contribution in [0.25, 0.3) is 0 Å². The Morgan fingerprint density at radius 2 is 1.94 bits per heavy atom. The van der Waals surface area contributed by atoms with E-state index in [4.69, 9.17) is 0 Å². The van der Waals surface area contributed by atoms with Crippen LogP contribution < -0.4 is 5.32 Å². The highest BCUT2D eigenvalue weighted by Crippen LogP contribution is 2.07. The minimum absolute atomic E-state index is 0.936. The lowest BCUT2D eigenvalue weighted by atomic mass is 10.1. The van der Waals surface area contributed by atoms with Gasteiger partial charge in [0.2, 0.25) is 0 Å². The van der Waals surface area contributed by atoms with Gasteiger partial charge in [-0.05, 0) is 36.1 Å². The number of aryl methyl sites for hydroxylation is 2. The van der Waals surface area contributed by atoms with Crippen LogP contribution in [0, 0.1) is 6.92 Å². The van der Waals surface area contributed by atoms with Gasteiger partial charge >= 0.3 is 0 Å². The van der Waals surface area contributed by atoms with Gasteiger partial charge in [-0.3, -0.25) is 0 Å². The average molecular weight is 242 g/mol. The number of nitrogens with one attached hydrogen (secondary N) is 1. The van der Waals surface area contributed by atoms with Crippen LogP contribution in [0.5, 0.6) is 0 Å². The summed E-state index contributed by atoms with van der Waals surface area (Å²) in [5.74, 6) is 0. The van der Waals surface area contributed by atoms with E-state index in [0.29, 0.717) is 0 Å². The van der Waals surface area contributed by atoms with Gasteiger partial charge in [0, 0.05) is 32.0 Å². The first-order valence-corrected chi connectivity index (χ1v) is 6.69. The van der Waals surface area contributed by atoms with Crippen molar-refractivity contribution < 1.29 is 0 Å². The molecule has 2 rings (SSSR count). The standard InChI is InChI=1S/C16H22N2/c1-3-9-18-10-8-15(13-18)11-17-12-16-7-5-4-6-14(16)2/h4-8,10,13,17H,3,9,11-12H2,1-2H3. The smallest absolute Gasteiger partial charge is 0.0223 e. The largest absolute Gasteiger partial charge is 0.354 e. The maximum Gasteiger partial charge on any atom is 0.0223 e. The topological polar surface area (TPSA) is 17.0 Å². The summed E-state index contributed by atoms with van der Waals surface area (Å²) >= 11 is 0. The molecule has 96 valence electrons. The fraction of sp³-hybridized carbons (Fsp3) is 0.375. The third-order valence-corrected chi connectivity index (χ3v) is 3.20. The first kappa shape index (κ1) is 12.9. The lowest BCUT2D eigenvalue weighted by Crippen LogP contribution is -2.13. The van der Waals surface area contributed by atoms with Crippen molar-refractivity contribution in [2.45, 2.75) is 39.9 Å². The Morgan fingerprint density at radius 1 is 1.11 bits per heavy atom. The number of nitrogens with zero attached hydrogens (tertiary/aromatic N) is 1. The first-order valence-electron chi connectivity index (χ1n) is 6.69. The zero-order valence-electron chi connectivity index (χ0n) is 11.3. The molecule has 0 aliphatic rings. The lowest BCUT2D eigenvalue weighted by molar-refractivity contribution is 0.667. The molecule has 0 aliphatic carbocycles. The van der Waals surface area contributed by atoms with Crippen molar-refractivity contribution in [3.05, 3.63) is 59.4 Å². The number of aromatic nitrogens is 1. The van der Waals surface area contributed by atoms with Crippen LogP contribution in [0.2, 0.25) is 0 Å². The van der Waals surface area contributed by atoms with Gasteiger partial charge in [-0.1, -0.05) is 31.2 Å². The molecule has 0 fully saturated rings. The van der Waals surface area contributed by atoms with Gasteiger partial charge in [0.15, 0.2) is 0 Å². The van der Waals surface area contributed by atoms with Crippen molar-refractivity contribution in [3.63, 3.8) is 0 Å². The van der Waals surface area contributed by atoms with Gasteiger partial charge in [0.05, 0.1) is 0 Å². The molecule has 0 radical (unpaired) electrons. The number of benzene rings is 1. The predicted molar refractivity (Wildman–Crippen MR) is 76.4 cm³/mol. The van der Waals surface area contributed by atoms with Crippen molar-refractivity contribution >= 4 is 0 Å². The van der Waals surface area contributed by atoms with E-state index in [0.717, 1.165) is 19.6 Å². The molecule has 2 aromatic rings. The summed E-state index contributed by atoms with van der Waals surface area (Å²) in [6, 6.07) is 10.7. The third-order valence-electron chi connectivity index (χ3n) is 3.20. The maximum absolute atomic E-state index is 3.50. The van der Waals surface area contributed by atoms with E-state index in [9.17, 15) is 0 Å². The molecule has 0 unspecified atom stereocenters. The van der Waals surface area contributed by atoms with Crippen molar-refractivity contribution in [1.29, 1.82) is 0 Å². The van der Waals surface area contributed by atoms with Crippen molar-refractivity contribution in [2.24, 2.45) is 0 Å². The number of hydrogen-bond donors (Lipinski definition) is 1. The first-order chi connectivity index (χ1) is 8.79. The highest BCUT2D eigenvalue weighted by atomic mass is 14.9. The molecule has 0 spiro atoms. The van der Waals surface area contributed by atoms with Gasteiger partial charge in [-0.2, -0.15) is 0 Å². The van der Waals surface area contributed by atoms with E-state index in [1.165, 1.54) is 23.1 Å². The highest BCUT2D eigenvalue weighted by Gasteiger charge is 1.98. The van der Waals surface area contributed by atoms with Crippen LogP contribution in [-0.4, -0.2) is 4.57 Å². The van der Waals surface area contributed by atoms with Gasteiger partial charge in [0.1, 0.15) is 0 Å². The predicted octanol–water partition coefficient (Wildman–Crippen LogP) is 3.50. The molecular weight excluding hydrogens is 220 g/mol. The van der Waals surface area contributed by atoms with Crippen LogP contribution in [0.1, 0.15) is 30.0 Å². The van der Waals surface area contributed by atoms with Gasteiger partial charge in [-0.25, -0.2) is 0 Å². The molecule has 1 aromatic carbocycles. The zero-order chi connectivity index (χ0) is 12.8. The minimum atomic E-state index is 0.936. The average Bonchev–Trinajstić information content (AvgIpc) is 2.80. The van der Waals surface area contributed by atoms with E-state index in [-0.39, 0.29) is 0 Å². The summed E-state index contributed by atoms with van der Waals surface area (Å²) in [7, 11) is 0. The quantitative estimate of drug-likeness (QED) is 0.820. The fourth-order valence-corrected chi connectivity index (χ4v) is 2.14. The van der Waals surface area contributed by atoms with Crippen molar-refractivity contribution in [3.8, 4) is 0 Å². The number of rotatable bonds is 6. The molecule has 0 saturated heterocycles. The van der Waals surface area contributed by atoms with E-state index in [2.05, 4.69) is 66.5 Å². The molecule has 0 amide bonds. The van der Waals surface area contributed by atoms with E-state index in [1.54, 1.807) is 0 Å². The Labute approximate surface area is 110 Å². The molecule has 18 heavy (non-hydrogen) atoms. The summed E-state index contributed by atoms with van der Waals surface area (Å²) in [5, 5.41) is 3.50. The summed E-state index contributed by atoms with van der Waals surface area (Å²) in [5.41, 5.74) is 4.09. The van der Waals surface area contributed by atoms with Gasteiger partial charge in [-0.15, -0.1) is 0 Å². The molecule has 1 heterocycles. The Bertz CT molecular complexity index is 485. The molecule has 2 heteroatoms. The molecule has 1 aromatic heterocycles. The summed E-state index contributed by atoms with van der Waals surface area (Å²) < 4.78 is 2.25. The van der Waals surface area contributed by atoms with Crippen LogP contribution in [0.15, 0.2) is 42.7 Å². The summed E-state index contributed by atoms with van der Waals surface area (Å²) in [4.78, 5) is 0. The maximum atomic E-state index is 3.50. The second kappa shape index (κ2) is 6.41. The molecule has 0 saturated carbocycles. The molecule has 0 aliphatic heterocycles. The van der Waals surface area contributed by atoms with E-state index in [1.807, 2.05) is 0 Å². The van der Waals surface area contributed by atoms with Crippen molar-refractivity contribution in [2.75, 3.05) is 0 Å².